The van der Waals surface area contributed by atoms with Crippen molar-refractivity contribution in [2.45, 2.75) is 6.92 Å². The number of nitrogens with zero attached hydrogens (tertiary/aromatic N) is 1. The molecule has 0 N–H and O–H groups in total. The van der Waals surface area contributed by atoms with Gasteiger partial charge in [0.05, 0.1) is 10.8 Å². The smallest absolute Gasteiger partial charge is 0.166 e. The molecule has 0 aliphatic heterocycles. The number of halogens is 1. The highest BCUT2D eigenvalue weighted by molar-refractivity contribution is 9.10. The van der Waals surface area contributed by atoms with Gasteiger partial charge in [0.2, 0.25) is 5.52 Å². The second-order valence-corrected chi connectivity index (χ2v) is 7.29. The third kappa shape index (κ3) is 1.96. The lowest BCUT2D eigenvalue weighted by atomic mass is 9.98. The maximum atomic E-state index is 3.63. The second-order valence-electron chi connectivity index (χ2n) is 6.37. The zero-order valence-electron chi connectivity index (χ0n) is 13.3. The van der Waals surface area contributed by atoms with Gasteiger partial charge in [-0.3, -0.25) is 0 Å². The molecule has 0 fully saturated rings. The largest absolute Gasteiger partial charge is 0.227 e. The normalized spacial score (nSPS) is 11.8. The van der Waals surface area contributed by atoms with Crippen LogP contribution in [0.25, 0.3) is 37.8 Å². The molecule has 5 rings (SSSR count). The van der Waals surface area contributed by atoms with E-state index in [2.05, 4.69) is 100 Å². The first-order chi connectivity index (χ1) is 11.7. The van der Waals surface area contributed by atoms with Gasteiger partial charge in [-0.1, -0.05) is 57.9 Å². The molecule has 3 aromatic carbocycles. The number of aromatic nitrogens is 1. The number of benzene rings is 3. The van der Waals surface area contributed by atoms with Crippen LogP contribution in [0.4, 0.5) is 0 Å². The SMILES string of the molecule is Cc1ccc2ccc3cc[n+]4ccc5ccc(Br)cc5c4c3c2c1. The molecule has 0 spiro atoms. The molecular formula is C22H15BrN+. The van der Waals surface area contributed by atoms with Gasteiger partial charge in [-0.05, 0) is 40.6 Å². The van der Waals surface area contributed by atoms with Gasteiger partial charge in [0.1, 0.15) is 0 Å². The fourth-order valence-electron chi connectivity index (χ4n) is 3.66. The summed E-state index contributed by atoms with van der Waals surface area (Å²) in [4.78, 5) is 0. The summed E-state index contributed by atoms with van der Waals surface area (Å²) in [5.41, 5.74) is 2.56. The van der Waals surface area contributed by atoms with Crippen LogP contribution in [0.5, 0.6) is 0 Å². The maximum absolute atomic E-state index is 3.63. The Kier molecular flexibility index (Phi) is 2.92. The standard InChI is InChI=1S/C22H15BrN/c1-14-2-3-15-4-5-17-9-11-24-10-8-16-6-7-18(23)13-20(16)22(24)21(17)19(15)12-14/h2-13H,1H3/q+1. The Morgan fingerprint density at radius 3 is 2.25 bits per heavy atom. The summed E-state index contributed by atoms with van der Waals surface area (Å²) in [5.74, 6) is 0. The maximum Gasteiger partial charge on any atom is 0.227 e. The van der Waals surface area contributed by atoms with Crippen LogP contribution < -0.4 is 4.40 Å². The summed E-state index contributed by atoms with van der Waals surface area (Å²) < 4.78 is 3.34. The molecule has 0 radical (unpaired) electrons. The molecule has 2 aromatic heterocycles. The van der Waals surface area contributed by atoms with E-state index in [1.807, 2.05) is 0 Å². The summed E-state index contributed by atoms with van der Waals surface area (Å²) in [6.45, 7) is 2.16. The summed E-state index contributed by atoms with van der Waals surface area (Å²) in [7, 11) is 0. The van der Waals surface area contributed by atoms with Crippen molar-refractivity contribution < 1.29 is 4.40 Å². The van der Waals surface area contributed by atoms with Crippen molar-refractivity contribution in [1.29, 1.82) is 0 Å². The molecule has 0 amide bonds. The van der Waals surface area contributed by atoms with Gasteiger partial charge in [0.25, 0.3) is 0 Å². The van der Waals surface area contributed by atoms with Crippen molar-refractivity contribution in [3.63, 3.8) is 0 Å². The third-order valence-electron chi connectivity index (χ3n) is 4.80. The minimum absolute atomic E-state index is 1.11. The molecule has 0 aliphatic rings. The Hall–Kier alpha value is -2.45. The third-order valence-corrected chi connectivity index (χ3v) is 5.30. The Bertz CT molecular complexity index is 1160. The molecule has 5 aromatic rings. The van der Waals surface area contributed by atoms with E-state index in [0.29, 0.717) is 0 Å². The Balaban J connectivity index is 2.16. The van der Waals surface area contributed by atoms with E-state index in [1.54, 1.807) is 0 Å². The van der Waals surface area contributed by atoms with Gasteiger partial charge in [0.15, 0.2) is 12.4 Å². The van der Waals surface area contributed by atoms with Crippen LogP contribution in [-0.2, 0) is 0 Å². The molecule has 24 heavy (non-hydrogen) atoms. The molecule has 0 unspecified atom stereocenters. The van der Waals surface area contributed by atoms with E-state index >= 15 is 0 Å². The quantitative estimate of drug-likeness (QED) is 0.233. The van der Waals surface area contributed by atoms with Crippen LogP contribution in [0.3, 0.4) is 0 Å². The molecule has 0 bridgehead atoms. The highest BCUT2D eigenvalue weighted by atomic mass is 79.9. The minimum Gasteiger partial charge on any atom is -0.166 e. The predicted octanol–water partition coefficient (Wildman–Crippen LogP) is 5.96. The van der Waals surface area contributed by atoms with E-state index < -0.39 is 0 Å². The number of fused-ring (bicyclic) bond motifs is 7. The molecule has 2 heterocycles. The number of hydrogen-bond donors (Lipinski definition) is 0. The average Bonchev–Trinajstić information content (AvgIpc) is 2.60. The lowest BCUT2D eigenvalue weighted by Crippen LogP contribution is -2.20. The molecule has 2 heteroatoms. The first-order valence-corrected chi connectivity index (χ1v) is 8.85. The molecule has 0 saturated carbocycles. The summed E-state index contributed by atoms with van der Waals surface area (Å²) >= 11 is 3.63. The fraction of sp³-hybridized carbons (Fsp3) is 0.0455. The Morgan fingerprint density at radius 2 is 1.38 bits per heavy atom. The second kappa shape index (κ2) is 5.02. The van der Waals surface area contributed by atoms with Gasteiger partial charge < -0.3 is 0 Å². The Morgan fingerprint density at radius 1 is 0.708 bits per heavy atom. The topological polar surface area (TPSA) is 4.10 Å². The van der Waals surface area contributed by atoms with E-state index in [1.165, 1.54) is 43.4 Å². The minimum atomic E-state index is 1.11. The summed E-state index contributed by atoms with van der Waals surface area (Å²) in [6.07, 6.45) is 4.30. The van der Waals surface area contributed by atoms with Crippen molar-refractivity contribution in [2.24, 2.45) is 0 Å². The average molecular weight is 373 g/mol. The molecule has 1 nitrogen and oxygen atoms in total. The Labute approximate surface area is 148 Å². The van der Waals surface area contributed by atoms with Gasteiger partial charge >= 0.3 is 0 Å². The van der Waals surface area contributed by atoms with Crippen LogP contribution in [0.1, 0.15) is 5.56 Å². The summed E-state index contributed by atoms with van der Waals surface area (Å²) in [6, 6.07) is 22.0. The zero-order valence-corrected chi connectivity index (χ0v) is 14.8. The van der Waals surface area contributed by atoms with E-state index in [9.17, 15) is 0 Å². The van der Waals surface area contributed by atoms with Gasteiger partial charge in [-0.25, -0.2) is 0 Å². The monoisotopic (exact) mass is 372 g/mol. The fourth-order valence-corrected chi connectivity index (χ4v) is 4.02. The first kappa shape index (κ1) is 13.9. The van der Waals surface area contributed by atoms with Crippen LogP contribution in [0.2, 0.25) is 0 Å². The van der Waals surface area contributed by atoms with Crippen LogP contribution in [0.15, 0.2) is 77.5 Å². The highest BCUT2D eigenvalue weighted by Crippen LogP contribution is 2.32. The molecular weight excluding hydrogens is 358 g/mol. The number of hydrogen-bond acceptors (Lipinski definition) is 0. The number of aryl methyl sites for hydroxylation is 1. The van der Waals surface area contributed by atoms with Gasteiger partial charge in [0, 0.05) is 16.6 Å². The number of pyridine rings is 2. The predicted molar refractivity (Wildman–Crippen MR) is 105 cm³/mol. The summed E-state index contributed by atoms with van der Waals surface area (Å²) in [5, 5.41) is 7.73. The highest BCUT2D eigenvalue weighted by Gasteiger charge is 2.15. The van der Waals surface area contributed by atoms with E-state index in [0.717, 1.165) is 4.47 Å². The molecule has 0 aliphatic carbocycles. The first-order valence-electron chi connectivity index (χ1n) is 8.06. The molecule has 0 atom stereocenters. The van der Waals surface area contributed by atoms with Crippen LogP contribution >= 0.6 is 15.9 Å². The zero-order chi connectivity index (χ0) is 16.3. The molecule has 0 saturated heterocycles. The van der Waals surface area contributed by atoms with Crippen molar-refractivity contribution in [2.75, 3.05) is 0 Å². The number of rotatable bonds is 0. The molecule has 114 valence electrons. The van der Waals surface area contributed by atoms with Crippen LogP contribution in [0, 0.1) is 6.92 Å². The van der Waals surface area contributed by atoms with Crippen LogP contribution in [-0.4, -0.2) is 0 Å². The van der Waals surface area contributed by atoms with E-state index in [-0.39, 0.29) is 0 Å². The van der Waals surface area contributed by atoms with Crippen molar-refractivity contribution >= 4 is 53.8 Å². The van der Waals surface area contributed by atoms with Gasteiger partial charge in [-0.15, -0.1) is 0 Å². The van der Waals surface area contributed by atoms with Gasteiger partial charge in [-0.2, -0.15) is 4.40 Å². The van der Waals surface area contributed by atoms with E-state index in [4.69, 9.17) is 0 Å². The van der Waals surface area contributed by atoms with Crippen molar-refractivity contribution in [3.05, 3.63) is 83.1 Å². The van der Waals surface area contributed by atoms with Crippen molar-refractivity contribution in [1.82, 2.24) is 0 Å². The lowest BCUT2D eigenvalue weighted by molar-refractivity contribution is -0.509. The van der Waals surface area contributed by atoms with Crippen molar-refractivity contribution in [3.8, 4) is 0 Å². The lowest BCUT2D eigenvalue weighted by Gasteiger charge is -2.07.